The predicted molar refractivity (Wildman–Crippen MR) is 68.9 cm³/mol. The van der Waals surface area contributed by atoms with Gasteiger partial charge in [-0.25, -0.2) is 0 Å². The zero-order chi connectivity index (χ0) is 12.2. The first-order valence-electron chi connectivity index (χ1n) is 6.01. The molecule has 0 fully saturated rings. The van der Waals surface area contributed by atoms with Crippen LogP contribution in [0.3, 0.4) is 0 Å². The Labute approximate surface area is 98.9 Å². The van der Waals surface area contributed by atoms with Crippen LogP contribution in [0.4, 0.5) is 0 Å². The van der Waals surface area contributed by atoms with Gasteiger partial charge in [0.2, 0.25) is 0 Å². The number of rotatable bonds is 5. The largest absolute Gasteiger partial charge is 0.508 e. The maximum absolute atomic E-state index is 9.29. The number of phenols is 1. The first-order chi connectivity index (χ1) is 7.49. The number of nitrogens with zero attached hydrogens (tertiary/aromatic N) is 1. The molecule has 0 unspecified atom stereocenters. The van der Waals surface area contributed by atoms with E-state index in [1.54, 1.807) is 12.1 Å². The lowest BCUT2D eigenvalue weighted by atomic mass is 9.84. The average Bonchev–Trinajstić information content (AvgIpc) is 2.26. The minimum atomic E-state index is 0.125. The van der Waals surface area contributed by atoms with Gasteiger partial charge in [-0.2, -0.15) is 0 Å². The molecule has 1 aromatic carbocycles. The fourth-order valence-corrected chi connectivity index (χ4v) is 2.01. The van der Waals surface area contributed by atoms with E-state index in [0.717, 1.165) is 19.6 Å². The number of hydrogen-bond acceptors (Lipinski definition) is 2. The van der Waals surface area contributed by atoms with Crippen molar-refractivity contribution in [3.05, 3.63) is 29.8 Å². The van der Waals surface area contributed by atoms with Gasteiger partial charge in [0.15, 0.2) is 0 Å². The van der Waals surface area contributed by atoms with Gasteiger partial charge in [0, 0.05) is 12.0 Å². The zero-order valence-electron chi connectivity index (χ0n) is 10.8. The summed E-state index contributed by atoms with van der Waals surface area (Å²) in [6.45, 7) is 12.1. The molecule has 0 aromatic heterocycles. The lowest BCUT2D eigenvalue weighted by Crippen LogP contribution is -2.36. The molecule has 90 valence electrons. The Kier molecular flexibility index (Phi) is 4.36. The van der Waals surface area contributed by atoms with E-state index in [4.69, 9.17) is 0 Å². The first kappa shape index (κ1) is 13.0. The standard InChI is InChI=1S/C14H23NO/c1-5-15(6-2)11-14(3,4)12-7-9-13(16)10-8-12/h7-10,16H,5-6,11H2,1-4H3. The molecule has 0 radical (unpaired) electrons. The molecular formula is C14H23NO. The highest BCUT2D eigenvalue weighted by molar-refractivity contribution is 5.30. The number of likely N-dealkylation sites (N-methyl/N-ethyl adjacent to an activating group) is 1. The first-order valence-corrected chi connectivity index (χ1v) is 6.01. The van der Waals surface area contributed by atoms with Gasteiger partial charge >= 0.3 is 0 Å². The second-order valence-corrected chi connectivity index (χ2v) is 4.89. The molecule has 2 heteroatoms. The van der Waals surface area contributed by atoms with Crippen LogP contribution in [0.2, 0.25) is 0 Å². The summed E-state index contributed by atoms with van der Waals surface area (Å²) >= 11 is 0. The molecule has 16 heavy (non-hydrogen) atoms. The molecule has 0 saturated carbocycles. The van der Waals surface area contributed by atoms with Crippen LogP contribution in [0.25, 0.3) is 0 Å². The normalized spacial score (nSPS) is 12.1. The fourth-order valence-electron chi connectivity index (χ4n) is 2.01. The predicted octanol–water partition coefficient (Wildman–Crippen LogP) is 3.01. The summed E-state index contributed by atoms with van der Waals surface area (Å²) in [4.78, 5) is 2.42. The minimum absolute atomic E-state index is 0.125. The van der Waals surface area contributed by atoms with Crippen molar-refractivity contribution >= 4 is 0 Å². The van der Waals surface area contributed by atoms with Gasteiger partial charge in [-0.15, -0.1) is 0 Å². The molecule has 0 spiro atoms. The van der Waals surface area contributed by atoms with Crippen LogP contribution in [0, 0.1) is 0 Å². The van der Waals surface area contributed by atoms with Crippen molar-refractivity contribution in [2.75, 3.05) is 19.6 Å². The van der Waals surface area contributed by atoms with E-state index >= 15 is 0 Å². The van der Waals surface area contributed by atoms with Crippen LogP contribution in [-0.4, -0.2) is 29.6 Å². The molecule has 0 aliphatic heterocycles. The highest BCUT2D eigenvalue weighted by atomic mass is 16.3. The molecule has 0 bridgehead atoms. The van der Waals surface area contributed by atoms with Crippen LogP contribution in [0.1, 0.15) is 33.3 Å². The molecular weight excluding hydrogens is 198 g/mol. The quantitative estimate of drug-likeness (QED) is 0.826. The lowest BCUT2D eigenvalue weighted by molar-refractivity contribution is 0.244. The average molecular weight is 221 g/mol. The Bertz CT molecular complexity index is 312. The number of hydrogen-bond donors (Lipinski definition) is 1. The molecule has 0 saturated heterocycles. The second kappa shape index (κ2) is 5.35. The molecule has 1 aromatic rings. The Morgan fingerprint density at radius 2 is 1.56 bits per heavy atom. The van der Waals surface area contributed by atoms with Gasteiger partial charge in [-0.05, 0) is 30.8 Å². The lowest BCUT2D eigenvalue weighted by Gasteiger charge is -2.32. The van der Waals surface area contributed by atoms with Crippen LogP contribution in [0.5, 0.6) is 5.75 Å². The van der Waals surface area contributed by atoms with Gasteiger partial charge in [0.25, 0.3) is 0 Å². The smallest absolute Gasteiger partial charge is 0.115 e. The number of aromatic hydroxyl groups is 1. The summed E-state index contributed by atoms with van der Waals surface area (Å²) in [5.74, 6) is 0.336. The van der Waals surface area contributed by atoms with E-state index < -0.39 is 0 Å². The summed E-state index contributed by atoms with van der Waals surface area (Å²) in [6.07, 6.45) is 0. The minimum Gasteiger partial charge on any atom is -0.508 e. The summed E-state index contributed by atoms with van der Waals surface area (Å²) in [6, 6.07) is 7.55. The van der Waals surface area contributed by atoms with E-state index in [1.807, 2.05) is 12.1 Å². The van der Waals surface area contributed by atoms with Crippen molar-refractivity contribution in [1.82, 2.24) is 4.90 Å². The van der Waals surface area contributed by atoms with Gasteiger partial charge in [0.1, 0.15) is 5.75 Å². The SMILES string of the molecule is CCN(CC)CC(C)(C)c1ccc(O)cc1. The van der Waals surface area contributed by atoms with Gasteiger partial charge in [-0.3, -0.25) is 0 Å². The Balaban J connectivity index is 2.80. The van der Waals surface area contributed by atoms with E-state index in [1.165, 1.54) is 5.56 Å². The van der Waals surface area contributed by atoms with Crippen molar-refractivity contribution in [3.8, 4) is 5.75 Å². The third kappa shape index (κ3) is 3.24. The Morgan fingerprint density at radius 3 is 2.00 bits per heavy atom. The third-order valence-corrected chi connectivity index (χ3v) is 3.16. The third-order valence-electron chi connectivity index (χ3n) is 3.16. The van der Waals surface area contributed by atoms with Crippen molar-refractivity contribution < 1.29 is 5.11 Å². The highest BCUT2D eigenvalue weighted by Crippen LogP contribution is 2.25. The molecule has 0 heterocycles. The summed E-state index contributed by atoms with van der Waals surface area (Å²) in [5.41, 5.74) is 1.40. The van der Waals surface area contributed by atoms with E-state index in [2.05, 4.69) is 32.6 Å². The fraction of sp³-hybridized carbons (Fsp3) is 0.571. The molecule has 0 atom stereocenters. The van der Waals surface area contributed by atoms with Crippen molar-refractivity contribution in [2.24, 2.45) is 0 Å². The van der Waals surface area contributed by atoms with E-state index in [0.29, 0.717) is 5.75 Å². The number of benzene rings is 1. The summed E-state index contributed by atoms with van der Waals surface area (Å²) in [7, 11) is 0. The van der Waals surface area contributed by atoms with E-state index in [-0.39, 0.29) is 5.41 Å². The second-order valence-electron chi connectivity index (χ2n) is 4.89. The van der Waals surface area contributed by atoms with Crippen molar-refractivity contribution in [1.29, 1.82) is 0 Å². The van der Waals surface area contributed by atoms with E-state index in [9.17, 15) is 5.11 Å². The van der Waals surface area contributed by atoms with Gasteiger partial charge < -0.3 is 10.0 Å². The maximum atomic E-state index is 9.29. The molecule has 1 rings (SSSR count). The van der Waals surface area contributed by atoms with Crippen LogP contribution in [-0.2, 0) is 5.41 Å². The van der Waals surface area contributed by atoms with Crippen molar-refractivity contribution in [2.45, 2.75) is 33.1 Å². The maximum Gasteiger partial charge on any atom is 0.115 e. The van der Waals surface area contributed by atoms with Gasteiger partial charge in [0.05, 0.1) is 0 Å². The monoisotopic (exact) mass is 221 g/mol. The highest BCUT2D eigenvalue weighted by Gasteiger charge is 2.22. The molecule has 0 aliphatic rings. The molecule has 1 N–H and O–H groups in total. The van der Waals surface area contributed by atoms with Gasteiger partial charge in [-0.1, -0.05) is 39.8 Å². The molecule has 0 amide bonds. The molecule has 2 nitrogen and oxygen atoms in total. The van der Waals surface area contributed by atoms with Crippen LogP contribution < -0.4 is 0 Å². The van der Waals surface area contributed by atoms with Crippen LogP contribution >= 0.6 is 0 Å². The molecule has 0 aliphatic carbocycles. The van der Waals surface area contributed by atoms with Crippen molar-refractivity contribution in [3.63, 3.8) is 0 Å². The Hall–Kier alpha value is -1.02. The number of phenolic OH excluding ortho intramolecular Hbond substituents is 1. The topological polar surface area (TPSA) is 23.5 Å². The Morgan fingerprint density at radius 1 is 1.06 bits per heavy atom. The zero-order valence-corrected chi connectivity index (χ0v) is 10.8. The summed E-state index contributed by atoms with van der Waals surface area (Å²) < 4.78 is 0. The van der Waals surface area contributed by atoms with Crippen LogP contribution in [0.15, 0.2) is 24.3 Å². The summed E-state index contributed by atoms with van der Waals surface area (Å²) in [5, 5.41) is 9.29.